The topological polar surface area (TPSA) is 155 Å². The molecule has 0 saturated heterocycles. The van der Waals surface area contributed by atoms with E-state index in [4.69, 9.17) is 29.4 Å². The summed E-state index contributed by atoms with van der Waals surface area (Å²) in [6.07, 6.45) is 50.3. The smallest absolute Gasteiger partial charge is 0.472 e. The number of ether oxygens (including phenoxy) is 2. The first-order valence-electron chi connectivity index (χ1n) is 22.3. The summed E-state index contributed by atoms with van der Waals surface area (Å²) >= 11 is 0. The molecule has 0 aliphatic rings. The van der Waals surface area contributed by atoms with E-state index in [1.165, 1.54) is 109 Å². The zero-order chi connectivity index (χ0) is 41.9. The Hall–Kier alpha value is -2.33. The van der Waals surface area contributed by atoms with Crippen LogP contribution >= 0.6 is 7.82 Å². The van der Waals surface area contributed by atoms with Crippen molar-refractivity contribution in [3.8, 4) is 0 Å². The summed E-state index contributed by atoms with van der Waals surface area (Å²) in [5, 5.41) is 8.89. The summed E-state index contributed by atoms with van der Waals surface area (Å²) in [5.74, 6) is -1.91. The number of unbranched alkanes of at least 4 members (excludes halogenated alkanes) is 19. The van der Waals surface area contributed by atoms with Gasteiger partial charge in [-0.2, -0.15) is 0 Å². The molecule has 0 aromatic heterocycles. The first-order valence-corrected chi connectivity index (χ1v) is 23.8. The number of carboxylic acid groups (broad SMARTS) is 1. The molecule has 11 heteroatoms. The molecule has 0 bridgehead atoms. The molecule has 0 radical (unpaired) electrons. The van der Waals surface area contributed by atoms with Gasteiger partial charge in [-0.1, -0.05) is 197 Å². The van der Waals surface area contributed by atoms with Gasteiger partial charge in [-0.3, -0.25) is 18.6 Å². The quantitative estimate of drug-likeness (QED) is 0.0234. The summed E-state index contributed by atoms with van der Waals surface area (Å²) in [5.41, 5.74) is 5.35. The second-order valence-electron chi connectivity index (χ2n) is 14.8. The maximum atomic E-state index is 12.6. The Morgan fingerprint density at radius 1 is 0.561 bits per heavy atom. The number of hydrogen-bond acceptors (Lipinski definition) is 8. The number of allylic oxidation sites excluding steroid dienone is 9. The maximum absolute atomic E-state index is 12.6. The highest BCUT2D eigenvalue weighted by atomic mass is 31.2. The van der Waals surface area contributed by atoms with Crippen molar-refractivity contribution in [3.05, 3.63) is 60.8 Å². The number of esters is 1. The van der Waals surface area contributed by atoms with Crippen LogP contribution in [0.25, 0.3) is 0 Å². The minimum absolute atomic E-state index is 0.0180. The van der Waals surface area contributed by atoms with E-state index < -0.39 is 45.1 Å². The number of carbonyl (C=O) groups excluding carboxylic acids is 1. The van der Waals surface area contributed by atoms with Crippen LogP contribution in [0.4, 0.5) is 0 Å². The second-order valence-corrected chi connectivity index (χ2v) is 16.3. The molecule has 3 atom stereocenters. The van der Waals surface area contributed by atoms with Crippen LogP contribution in [0, 0.1) is 0 Å². The Morgan fingerprint density at radius 3 is 1.37 bits per heavy atom. The van der Waals surface area contributed by atoms with Crippen molar-refractivity contribution in [3.63, 3.8) is 0 Å². The first kappa shape index (κ1) is 54.7. The fourth-order valence-corrected chi connectivity index (χ4v) is 6.69. The van der Waals surface area contributed by atoms with E-state index in [1.807, 2.05) is 12.2 Å². The SMILES string of the molecule is CC/C=C\C/C=C\C/C=C\C/C=C\C/C=C\CC(=O)OC(COCCCCCCCCCCCCCCCCCCCCCC)COP(=O)(O)OCC(N)C(=O)O. The van der Waals surface area contributed by atoms with E-state index in [0.29, 0.717) is 13.0 Å². The highest BCUT2D eigenvalue weighted by Crippen LogP contribution is 2.43. The molecule has 330 valence electrons. The van der Waals surface area contributed by atoms with Crippen LogP contribution in [0.15, 0.2) is 60.8 Å². The number of carbonyl (C=O) groups is 2. The Morgan fingerprint density at radius 2 is 0.947 bits per heavy atom. The molecule has 0 fully saturated rings. The number of phosphoric acid groups is 1. The van der Waals surface area contributed by atoms with Gasteiger partial charge in [0.2, 0.25) is 0 Å². The predicted molar refractivity (Wildman–Crippen MR) is 235 cm³/mol. The number of hydrogen-bond donors (Lipinski definition) is 3. The van der Waals surface area contributed by atoms with E-state index >= 15 is 0 Å². The van der Waals surface area contributed by atoms with Gasteiger partial charge in [0, 0.05) is 6.61 Å². The second kappa shape index (κ2) is 41.8. The number of phosphoric ester groups is 1. The van der Waals surface area contributed by atoms with Crippen molar-refractivity contribution in [2.45, 2.75) is 193 Å². The van der Waals surface area contributed by atoms with Crippen LogP contribution in [0.3, 0.4) is 0 Å². The van der Waals surface area contributed by atoms with Gasteiger partial charge in [-0.05, 0) is 38.5 Å². The summed E-state index contributed by atoms with van der Waals surface area (Å²) in [6.45, 7) is 3.66. The largest absolute Gasteiger partial charge is 0.480 e. The Bertz CT molecular complexity index is 1140. The fourth-order valence-electron chi connectivity index (χ4n) is 5.91. The third-order valence-electron chi connectivity index (χ3n) is 9.34. The van der Waals surface area contributed by atoms with Crippen molar-refractivity contribution in [1.29, 1.82) is 0 Å². The van der Waals surface area contributed by atoms with Crippen molar-refractivity contribution in [2.24, 2.45) is 5.73 Å². The molecule has 0 saturated carbocycles. The lowest BCUT2D eigenvalue weighted by Crippen LogP contribution is -2.34. The molecule has 0 aliphatic heterocycles. The van der Waals surface area contributed by atoms with Gasteiger partial charge in [0.25, 0.3) is 0 Å². The molecule has 57 heavy (non-hydrogen) atoms. The molecular weight excluding hydrogens is 741 g/mol. The highest BCUT2D eigenvalue weighted by Gasteiger charge is 2.27. The van der Waals surface area contributed by atoms with Crippen molar-refractivity contribution >= 4 is 19.8 Å². The Balaban J connectivity index is 4.28. The molecule has 0 rings (SSSR count). The number of rotatable bonds is 42. The monoisotopic (exact) mass is 824 g/mol. The molecule has 0 aromatic carbocycles. The average molecular weight is 824 g/mol. The van der Waals surface area contributed by atoms with E-state index in [9.17, 15) is 19.0 Å². The average Bonchev–Trinajstić information content (AvgIpc) is 3.19. The molecule has 0 aliphatic carbocycles. The van der Waals surface area contributed by atoms with Crippen molar-refractivity contribution in [2.75, 3.05) is 26.4 Å². The molecule has 0 aromatic rings. The lowest BCUT2D eigenvalue weighted by molar-refractivity contribution is -0.153. The first-order chi connectivity index (χ1) is 27.7. The predicted octanol–water partition coefficient (Wildman–Crippen LogP) is 12.4. The normalized spacial score (nSPS) is 14.5. The van der Waals surface area contributed by atoms with Gasteiger partial charge in [0.05, 0.1) is 26.2 Å². The third kappa shape index (κ3) is 41.6. The maximum Gasteiger partial charge on any atom is 0.472 e. The van der Waals surface area contributed by atoms with Crippen LogP contribution in [0.2, 0.25) is 0 Å². The summed E-state index contributed by atoms with van der Waals surface area (Å²) in [4.78, 5) is 33.5. The lowest BCUT2D eigenvalue weighted by Gasteiger charge is -2.20. The van der Waals surface area contributed by atoms with Crippen LogP contribution in [0.1, 0.15) is 181 Å². The van der Waals surface area contributed by atoms with Gasteiger partial charge < -0.3 is 25.2 Å². The van der Waals surface area contributed by atoms with Crippen LogP contribution in [-0.2, 0) is 32.7 Å². The lowest BCUT2D eigenvalue weighted by atomic mass is 10.0. The molecule has 0 amide bonds. The van der Waals surface area contributed by atoms with Crippen LogP contribution in [0.5, 0.6) is 0 Å². The molecule has 0 spiro atoms. The van der Waals surface area contributed by atoms with Crippen molar-refractivity contribution < 1.29 is 42.7 Å². The van der Waals surface area contributed by atoms with Gasteiger partial charge >= 0.3 is 19.8 Å². The van der Waals surface area contributed by atoms with Gasteiger partial charge in [-0.25, -0.2) is 4.57 Å². The van der Waals surface area contributed by atoms with Crippen molar-refractivity contribution in [1.82, 2.24) is 0 Å². The van der Waals surface area contributed by atoms with Crippen LogP contribution < -0.4 is 5.73 Å². The molecular formula is C46H82NO9P. The number of aliphatic carboxylic acids is 1. The van der Waals surface area contributed by atoms with E-state index in [0.717, 1.165) is 44.9 Å². The molecule has 4 N–H and O–H groups in total. The highest BCUT2D eigenvalue weighted by molar-refractivity contribution is 7.47. The van der Waals surface area contributed by atoms with Gasteiger partial charge in [0.1, 0.15) is 12.1 Å². The summed E-state index contributed by atoms with van der Waals surface area (Å²) in [6, 6.07) is -1.49. The Kier molecular flexibility index (Phi) is 40.1. The minimum Gasteiger partial charge on any atom is -0.480 e. The zero-order valence-corrected chi connectivity index (χ0v) is 36.8. The minimum atomic E-state index is -4.64. The molecule has 10 nitrogen and oxygen atoms in total. The van der Waals surface area contributed by atoms with E-state index in [-0.39, 0.29) is 13.0 Å². The van der Waals surface area contributed by atoms with Gasteiger partial charge in [0.15, 0.2) is 0 Å². The fraction of sp³-hybridized carbons (Fsp3) is 0.739. The third-order valence-corrected chi connectivity index (χ3v) is 10.3. The summed E-state index contributed by atoms with van der Waals surface area (Å²) < 4.78 is 33.2. The Labute approximate surface area is 347 Å². The summed E-state index contributed by atoms with van der Waals surface area (Å²) in [7, 11) is -4.64. The zero-order valence-electron chi connectivity index (χ0n) is 35.9. The van der Waals surface area contributed by atoms with Crippen LogP contribution in [-0.4, -0.2) is 60.5 Å². The standard InChI is InChI=1S/C46H82NO9P/c1-3-5-7-9-11-13-15-17-19-20-21-22-23-25-27-29-31-33-35-37-39-53-40-43(41-54-57(51,52)55-42-44(47)46(49)50)56-45(48)38-36-34-32-30-28-26-24-18-16-14-12-10-8-6-4-2/h6,8,12,14,18,24,28,30,34,36,43-44H,3-5,7,9-11,13,15-17,19-23,25-27,29,31-33,35,37-42,47H2,1-2H3,(H,49,50)(H,51,52)/b8-6-,14-12-,24-18-,30-28-,36-34-. The van der Waals surface area contributed by atoms with E-state index in [1.54, 1.807) is 6.08 Å². The number of nitrogens with two attached hydrogens (primary N) is 1. The van der Waals surface area contributed by atoms with E-state index in [2.05, 4.69) is 56.4 Å². The number of carboxylic acids is 1. The van der Waals surface area contributed by atoms with Gasteiger partial charge in [-0.15, -0.1) is 0 Å². The molecule has 3 unspecified atom stereocenters. The molecule has 0 heterocycles.